The summed E-state index contributed by atoms with van der Waals surface area (Å²) in [6, 6.07) is 6.93. The Morgan fingerprint density at radius 1 is 0.775 bits per heavy atom. The highest BCUT2D eigenvalue weighted by molar-refractivity contribution is 5.99. The number of imidazole rings is 1. The molecule has 13 N–H and O–H groups in total. The van der Waals surface area contributed by atoms with E-state index in [-0.39, 0.29) is 69.9 Å². The van der Waals surface area contributed by atoms with Gasteiger partial charge in [0.15, 0.2) is 11.7 Å². The van der Waals surface area contributed by atoms with Gasteiger partial charge in [0.2, 0.25) is 47.3 Å². The predicted octanol–water partition coefficient (Wildman–Crippen LogP) is -1.40. The number of aromatic amines is 2. The fraction of sp³-hybridized carbons (Fsp3) is 0.438. The third-order valence-corrected chi connectivity index (χ3v) is 12.3. The van der Waals surface area contributed by atoms with Crippen molar-refractivity contribution in [3.8, 4) is 0 Å². The lowest BCUT2D eigenvalue weighted by molar-refractivity contribution is -0.141. The molecule has 0 spiro atoms. The first-order valence-corrected chi connectivity index (χ1v) is 23.6. The van der Waals surface area contributed by atoms with Crippen LogP contribution in [0.4, 0.5) is 0 Å². The largest absolute Gasteiger partial charge is 0.370 e. The van der Waals surface area contributed by atoms with Crippen LogP contribution in [0.5, 0.6) is 0 Å². The maximum absolute atomic E-state index is 14.7. The number of hydrogen-bond acceptors (Lipinski definition) is 11. The molecule has 2 aliphatic rings. The minimum Gasteiger partial charge on any atom is -0.370 e. The number of H-pyrrole nitrogens is 2. The first-order chi connectivity index (χ1) is 34.1. The Morgan fingerprint density at radius 3 is 2.11 bits per heavy atom. The van der Waals surface area contributed by atoms with Gasteiger partial charge < -0.3 is 63.1 Å². The fourth-order valence-corrected chi connectivity index (χ4v) is 8.75. The van der Waals surface area contributed by atoms with Crippen LogP contribution in [-0.2, 0) is 62.4 Å². The summed E-state index contributed by atoms with van der Waals surface area (Å²) in [4.78, 5) is 137. The van der Waals surface area contributed by atoms with Crippen molar-refractivity contribution in [3.63, 3.8) is 0 Å². The van der Waals surface area contributed by atoms with Crippen LogP contribution in [0.25, 0.3) is 10.9 Å². The fourth-order valence-electron chi connectivity index (χ4n) is 8.75. The monoisotopic (exact) mass is 978 g/mol. The molecule has 7 atom stereocenters. The first kappa shape index (κ1) is 52.3. The molecule has 4 heterocycles. The molecule has 6 rings (SSSR count). The molecular weight excluding hydrogens is 917 g/mol. The maximum Gasteiger partial charge on any atom is 0.245 e. The summed E-state index contributed by atoms with van der Waals surface area (Å²) in [5.74, 6) is -6.69. The molecule has 0 saturated carbocycles. The van der Waals surface area contributed by atoms with Gasteiger partial charge in [-0.1, -0.05) is 48.5 Å². The van der Waals surface area contributed by atoms with Gasteiger partial charge in [-0.2, -0.15) is 0 Å². The number of nitrogens with zero attached hydrogens (tertiary/aromatic N) is 2. The Balaban J connectivity index is 1.41. The smallest absolute Gasteiger partial charge is 0.245 e. The van der Waals surface area contributed by atoms with E-state index in [1.807, 2.05) is 24.3 Å². The summed E-state index contributed by atoms with van der Waals surface area (Å²) < 4.78 is 0. The normalized spacial score (nSPS) is 23.2. The second-order valence-electron chi connectivity index (χ2n) is 17.7. The van der Waals surface area contributed by atoms with E-state index in [0.717, 1.165) is 17.8 Å². The number of guanidine groups is 1. The van der Waals surface area contributed by atoms with Crippen LogP contribution < -0.4 is 48.3 Å². The van der Waals surface area contributed by atoms with Gasteiger partial charge in [0.25, 0.3) is 0 Å². The number of Topliss-reactive ketones (excluding diaryl/α,β-unsaturated/α-hetero) is 1. The lowest BCUT2D eigenvalue weighted by Gasteiger charge is -2.30. The third kappa shape index (κ3) is 14.9. The number of hydrogen-bond donors (Lipinski definition) is 12. The van der Waals surface area contributed by atoms with Crippen LogP contribution in [-0.4, -0.2) is 141 Å². The van der Waals surface area contributed by atoms with Crippen LogP contribution in [0.2, 0.25) is 0 Å². The van der Waals surface area contributed by atoms with Crippen molar-refractivity contribution in [2.75, 3.05) is 19.6 Å². The lowest BCUT2D eigenvalue weighted by atomic mass is 10.0. The quantitative estimate of drug-likeness (QED) is 0.0418. The zero-order valence-corrected chi connectivity index (χ0v) is 39.6. The van der Waals surface area contributed by atoms with E-state index in [0.29, 0.717) is 29.7 Å². The molecule has 0 aliphatic carbocycles. The average Bonchev–Trinajstić information content (AvgIpc) is 4.13. The Morgan fingerprint density at radius 2 is 1.42 bits per heavy atom. The number of carbonyl (C=O) groups excluding carboxylic acids is 9. The molecule has 2 aliphatic heterocycles. The van der Waals surface area contributed by atoms with Crippen molar-refractivity contribution in [1.82, 2.24) is 62.4 Å². The Kier molecular flexibility index (Phi) is 18.4. The summed E-state index contributed by atoms with van der Waals surface area (Å²) in [5, 5.41) is 29.9. The molecule has 0 unspecified atom stereocenters. The molecule has 0 radical (unpaired) electrons. The second kappa shape index (κ2) is 25.0. The highest BCUT2D eigenvalue weighted by Gasteiger charge is 2.38. The van der Waals surface area contributed by atoms with E-state index in [2.05, 4.69) is 57.5 Å². The van der Waals surface area contributed by atoms with E-state index in [1.165, 1.54) is 24.3 Å². The summed E-state index contributed by atoms with van der Waals surface area (Å²) in [6.07, 6.45) is 4.49. The Bertz CT molecular complexity index is 2570. The van der Waals surface area contributed by atoms with Crippen LogP contribution in [0, 0.1) is 5.41 Å². The first-order valence-electron chi connectivity index (χ1n) is 23.6. The standard InChI is InChI=1S/C48H62N14O9/c1-27(63)40-15-9-19-62(40)47(71)35-16-18-52-41(65)23-39(56-28(2)64)46(70)61-38(22-31-25-51-26-55-31)45(69)59-36(20-29-10-4-3-5-11-29)43(67)57-34(14-8-17-53-48(49)50)42(66)60-37(44(68)58-35)21-30-24-54-33-13-7-6-12-32(30)33/h3-7,10-13,24-26,34-40,54H,8-9,14-23H2,1-2H3,(H,51,55)(H,52,65)(H,56,64)(H,57,67)(H,58,68)(H,59,69)(H,60,66)(H,61,70)(H4,49,50,53)/t34-,35-,36+,37-,38-,39-,40-/m0/s1. The average molecular weight is 979 g/mol. The van der Waals surface area contributed by atoms with Crippen molar-refractivity contribution >= 4 is 69.9 Å². The number of carbonyl (C=O) groups is 9. The molecule has 2 saturated heterocycles. The molecule has 0 bridgehead atoms. The van der Waals surface area contributed by atoms with Crippen molar-refractivity contribution in [2.24, 2.45) is 5.73 Å². The number of nitrogens with two attached hydrogens (primary N) is 1. The number of amides is 8. The highest BCUT2D eigenvalue weighted by atomic mass is 16.2. The lowest BCUT2D eigenvalue weighted by Crippen LogP contribution is -2.60. The molecule has 23 heteroatoms. The van der Waals surface area contributed by atoms with E-state index in [9.17, 15) is 43.2 Å². The van der Waals surface area contributed by atoms with E-state index in [1.54, 1.807) is 36.5 Å². The van der Waals surface area contributed by atoms with Crippen LogP contribution in [0.3, 0.4) is 0 Å². The topological polar surface area (TPSA) is 347 Å². The van der Waals surface area contributed by atoms with Gasteiger partial charge in [-0.3, -0.25) is 48.6 Å². The number of para-hydroxylation sites is 1. The van der Waals surface area contributed by atoms with E-state index in [4.69, 9.17) is 11.1 Å². The van der Waals surface area contributed by atoms with Gasteiger partial charge in [-0.15, -0.1) is 0 Å². The molecular formula is C48H62N14O9. The third-order valence-electron chi connectivity index (χ3n) is 12.3. The number of rotatable bonds is 13. The molecule has 23 nitrogen and oxygen atoms in total. The predicted molar refractivity (Wildman–Crippen MR) is 259 cm³/mol. The number of benzene rings is 2. The highest BCUT2D eigenvalue weighted by Crippen LogP contribution is 2.22. The number of ketones is 1. The minimum atomic E-state index is -1.50. The van der Waals surface area contributed by atoms with Gasteiger partial charge in [-0.25, -0.2) is 4.98 Å². The minimum absolute atomic E-state index is 0.0458. The van der Waals surface area contributed by atoms with Crippen molar-refractivity contribution < 1.29 is 43.2 Å². The Hall–Kier alpha value is -8.11. The number of nitrogens with one attached hydrogen (secondary N) is 11. The van der Waals surface area contributed by atoms with Gasteiger partial charge in [0, 0.05) is 69.1 Å². The van der Waals surface area contributed by atoms with Crippen LogP contribution >= 0.6 is 0 Å². The van der Waals surface area contributed by atoms with Gasteiger partial charge in [0.1, 0.15) is 36.3 Å². The van der Waals surface area contributed by atoms with Gasteiger partial charge in [0.05, 0.1) is 24.5 Å². The van der Waals surface area contributed by atoms with Crippen molar-refractivity contribution in [3.05, 3.63) is 90.1 Å². The van der Waals surface area contributed by atoms with Gasteiger partial charge >= 0.3 is 0 Å². The maximum atomic E-state index is 14.7. The van der Waals surface area contributed by atoms with Crippen LogP contribution in [0.1, 0.15) is 69.2 Å². The molecule has 2 aromatic heterocycles. The van der Waals surface area contributed by atoms with E-state index < -0.39 is 96.0 Å². The second-order valence-corrected chi connectivity index (χ2v) is 17.7. The molecule has 71 heavy (non-hydrogen) atoms. The van der Waals surface area contributed by atoms with Gasteiger partial charge in [-0.05, 0) is 56.2 Å². The number of aromatic nitrogens is 3. The Labute approximate surface area is 409 Å². The molecule has 8 amide bonds. The number of likely N-dealkylation sites (tertiary alicyclic amines) is 1. The molecule has 2 aromatic carbocycles. The van der Waals surface area contributed by atoms with Crippen molar-refractivity contribution in [2.45, 2.75) is 114 Å². The molecule has 4 aromatic rings. The summed E-state index contributed by atoms with van der Waals surface area (Å²) in [6.45, 7) is 2.66. The zero-order chi connectivity index (χ0) is 51.0. The van der Waals surface area contributed by atoms with Crippen LogP contribution in [0.15, 0.2) is 73.3 Å². The summed E-state index contributed by atoms with van der Waals surface area (Å²) in [7, 11) is 0. The summed E-state index contributed by atoms with van der Waals surface area (Å²) in [5.41, 5.74) is 7.89. The SMILES string of the molecule is CC(=O)N[C@H]1CC(=O)NCC[C@@H](C(=O)N2CCC[C@H]2C(C)=O)NC(=O)[C@H](Cc2c[nH]c3ccccc23)NC(=O)[C@H](CCCNC(=N)N)NC(=O)[C@@H](Cc2ccccc2)NC(=O)[C@H](Cc2c[nH]cn2)NC1=O. The van der Waals surface area contributed by atoms with Crippen molar-refractivity contribution in [1.29, 1.82) is 5.41 Å². The molecule has 378 valence electrons. The zero-order valence-electron chi connectivity index (χ0n) is 39.6. The van der Waals surface area contributed by atoms with E-state index >= 15 is 0 Å². The molecule has 2 fully saturated rings. The number of fused-ring (bicyclic) bond motifs is 1. The summed E-state index contributed by atoms with van der Waals surface area (Å²) >= 11 is 0.